The van der Waals surface area contributed by atoms with Gasteiger partial charge in [-0.1, -0.05) is 25.0 Å². The minimum atomic E-state index is -0.392. The zero-order valence-electron chi connectivity index (χ0n) is 8.71. The Kier molecular flexibility index (Phi) is 1.65. The van der Waals surface area contributed by atoms with E-state index in [0.29, 0.717) is 0 Å². The molecule has 0 aromatic carbocycles. The number of carbonyl (C=O) groups excluding carboxylic acids is 2. The fourth-order valence-electron chi connectivity index (χ4n) is 3.69. The Morgan fingerprint density at radius 3 is 1.87 bits per heavy atom. The van der Waals surface area contributed by atoms with Gasteiger partial charge in [0.15, 0.2) is 0 Å². The number of allylic oxidation sites excluding steroid dienone is 2. The molecule has 0 unspecified atom stereocenters. The first kappa shape index (κ1) is 9.13. The summed E-state index contributed by atoms with van der Waals surface area (Å²) in [6.45, 7) is 0. The van der Waals surface area contributed by atoms with E-state index in [1.165, 1.54) is 0 Å². The van der Waals surface area contributed by atoms with Crippen LogP contribution in [0.2, 0.25) is 0 Å². The summed E-state index contributed by atoms with van der Waals surface area (Å²) in [7, 11) is 0. The number of imide groups is 1. The van der Waals surface area contributed by atoms with Gasteiger partial charge in [0.1, 0.15) is 0 Å². The van der Waals surface area contributed by atoms with Crippen molar-refractivity contribution in [1.29, 1.82) is 0 Å². The van der Waals surface area contributed by atoms with E-state index < -0.39 is 10.8 Å². The lowest BCUT2D eigenvalue weighted by atomic mass is 9.53. The van der Waals surface area contributed by atoms with Gasteiger partial charge in [-0.2, -0.15) is 0 Å². The van der Waals surface area contributed by atoms with Gasteiger partial charge in [0.25, 0.3) is 0 Å². The number of rotatable bonds is 0. The highest BCUT2D eigenvalue weighted by atomic mass is 16.2. The Bertz CT molecular complexity index is 340. The van der Waals surface area contributed by atoms with Gasteiger partial charge in [0.2, 0.25) is 11.8 Å². The molecule has 1 N–H and O–H groups in total. The molecule has 2 aliphatic carbocycles. The van der Waals surface area contributed by atoms with E-state index in [2.05, 4.69) is 17.5 Å². The highest BCUT2D eigenvalue weighted by Gasteiger charge is 2.65. The molecule has 3 rings (SSSR count). The zero-order valence-corrected chi connectivity index (χ0v) is 8.71. The van der Waals surface area contributed by atoms with Crippen molar-refractivity contribution in [2.24, 2.45) is 10.8 Å². The quantitative estimate of drug-likeness (QED) is 0.481. The van der Waals surface area contributed by atoms with Crippen molar-refractivity contribution >= 4 is 11.8 Å². The molecule has 1 heterocycles. The highest BCUT2D eigenvalue weighted by molar-refractivity contribution is 6.10. The third kappa shape index (κ3) is 0.869. The van der Waals surface area contributed by atoms with Gasteiger partial charge in [-0.25, -0.2) is 0 Å². The van der Waals surface area contributed by atoms with E-state index in [1.54, 1.807) is 0 Å². The molecule has 0 radical (unpaired) electrons. The first-order valence-electron chi connectivity index (χ1n) is 5.72. The summed E-state index contributed by atoms with van der Waals surface area (Å²) in [5.74, 6) is -0.0342. The normalized spacial score (nSPS) is 43.5. The van der Waals surface area contributed by atoms with Gasteiger partial charge in [0.05, 0.1) is 10.8 Å². The van der Waals surface area contributed by atoms with Crippen molar-refractivity contribution in [2.45, 2.75) is 38.5 Å². The summed E-state index contributed by atoms with van der Waals surface area (Å²) in [6, 6.07) is 0. The lowest BCUT2D eigenvalue weighted by molar-refractivity contribution is -0.139. The van der Waals surface area contributed by atoms with Gasteiger partial charge in [-0.15, -0.1) is 0 Å². The predicted molar refractivity (Wildman–Crippen MR) is 54.9 cm³/mol. The minimum Gasteiger partial charge on any atom is -0.295 e. The van der Waals surface area contributed by atoms with Crippen LogP contribution in [0.1, 0.15) is 38.5 Å². The van der Waals surface area contributed by atoms with Crippen molar-refractivity contribution in [1.82, 2.24) is 5.32 Å². The van der Waals surface area contributed by atoms with E-state index in [9.17, 15) is 9.59 Å². The molecule has 1 aliphatic heterocycles. The smallest absolute Gasteiger partial charge is 0.234 e. The van der Waals surface area contributed by atoms with Crippen LogP contribution in [-0.4, -0.2) is 11.8 Å². The summed E-state index contributed by atoms with van der Waals surface area (Å²) < 4.78 is 0. The SMILES string of the molecule is O=C1NC(=O)[C@]23CC=CC[C@]12CCCC3. The molecule has 2 amide bonds. The summed E-state index contributed by atoms with van der Waals surface area (Å²) in [5, 5.41) is 2.56. The molecule has 1 saturated heterocycles. The maximum absolute atomic E-state index is 12.0. The lowest BCUT2D eigenvalue weighted by Crippen LogP contribution is -2.48. The fourth-order valence-corrected chi connectivity index (χ4v) is 3.69. The average Bonchev–Trinajstić information content (AvgIpc) is 2.50. The fraction of sp³-hybridized carbons (Fsp3) is 0.667. The second-order valence-electron chi connectivity index (χ2n) is 5.03. The van der Waals surface area contributed by atoms with Crippen molar-refractivity contribution < 1.29 is 9.59 Å². The number of nitrogens with one attached hydrogen (secondary N) is 1. The molecule has 3 nitrogen and oxygen atoms in total. The highest BCUT2D eigenvalue weighted by Crippen LogP contribution is 2.60. The number of amides is 2. The first-order chi connectivity index (χ1) is 7.21. The van der Waals surface area contributed by atoms with Gasteiger partial charge in [-0.05, 0) is 25.7 Å². The largest absolute Gasteiger partial charge is 0.295 e. The molecule has 80 valence electrons. The molecule has 3 aliphatic rings. The molecule has 2 fully saturated rings. The molecule has 3 heteroatoms. The summed E-state index contributed by atoms with van der Waals surface area (Å²) in [6.07, 6.45) is 9.58. The molecule has 0 aromatic heterocycles. The molecule has 0 aromatic rings. The molecule has 0 spiro atoms. The van der Waals surface area contributed by atoms with E-state index in [4.69, 9.17) is 0 Å². The maximum atomic E-state index is 12.0. The van der Waals surface area contributed by atoms with Crippen LogP contribution in [0.4, 0.5) is 0 Å². The lowest BCUT2D eigenvalue weighted by Gasteiger charge is -2.46. The van der Waals surface area contributed by atoms with E-state index in [1.807, 2.05) is 0 Å². The third-order valence-corrected chi connectivity index (χ3v) is 4.57. The monoisotopic (exact) mass is 205 g/mol. The second kappa shape index (κ2) is 2.71. The summed E-state index contributed by atoms with van der Waals surface area (Å²) in [4.78, 5) is 24.0. The standard InChI is InChI=1S/C12H15NO2/c14-9-11-5-1-2-6-12(11,10(15)13-9)8-4-3-7-11/h1-2H,3-8H2,(H,13,14,15)/t11-,12+. The second-order valence-corrected chi connectivity index (χ2v) is 5.03. The molecule has 2 atom stereocenters. The molecule has 0 bridgehead atoms. The number of hydrogen-bond acceptors (Lipinski definition) is 2. The predicted octanol–water partition coefficient (Wildman–Crippen LogP) is 1.54. The van der Waals surface area contributed by atoms with Gasteiger partial charge >= 0.3 is 0 Å². The zero-order chi connectivity index (χ0) is 10.5. The van der Waals surface area contributed by atoms with Crippen LogP contribution >= 0.6 is 0 Å². The van der Waals surface area contributed by atoms with Crippen LogP contribution in [0.15, 0.2) is 12.2 Å². The van der Waals surface area contributed by atoms with Gasteiger partial charge in [0, 0.05) is 0 Å². The van der Waals surface area contributed by atoms with Crippen LogP contribution in [0, 0.1) is 10.8 Å². The Balaban J connectivity index is 2.17. The number of carbonyl (C=O) groups is 2. The van der Waals surface area contributed by atoms with Gasteiger partial charge in [-0.3, -0.25) is 14.9 Å². The maximum Gasteiger partial charge on any atom is 0.234 e. The van der Waals surface area contributed by atoms with Crippen LogP contribution in [0.25, 0.3) is 0 Å². The van der Waals surface area contributed by atoms with Crippen molar-refractivity contribution in [3.8, 4) is 0 Å². The molecular weight excluding hydrogens is 190 g/mol. The van der Waals surface area contributed by atoms with Gasteiger partial charge < -0.3 is 0 Å². The van der Waals surface area contributed by atoms with Crippen LogP contribution in [0.5, 0.6) is 0 Å². The summed E-state index contributed by atoms with van der Waals surface area (Å²) in [5.41, 5.74) is -0.784. The molecular formula is C12H15NO2. The Morgan fingerprint density at radius 2 is 1.40 bits per heavy atom. The van der Waals surface area contributed by atoms with Crippen molar-refractivity contribution in [3.63, 3.8) is 0 Å². The van der Waals surface area contributed by atoms with Crippen LogP contribution in [0.3, 0.4) is 0 Å². The van der Waals surface area contributed by atoms with Crippen LogP contribution in [-0.2, 0) is 9.59 Å². The van der Waals surface area contributed by atoms with E-state index >= 15 is 0 Å². The summed E-state index contributed by atoms with van der Waals surface area (Å²) >= 11 is 0. The van der Waals surface area contributed by atoms with E-state index in [-0.39, 0.29) is 11.8 Å². The Labute approximate surface area is 88.9 Å². The first-order valence-corrected chi connectivity index (χ1v) is 5.72. The Hall–Kier alpha value is -1.12. The Morgan fingerprint density at radius 1 is 0.933 bits per heavy atom. The average molecular weight is 205 g/mol. The third-order valence-electron chi connectivity index (χ3n) is 4.57. The van der Waals surface area contributed by atoms with Crippen molar-refractivity contribution in [3.05, 3.63) is 12.2 Å². The molecule has 15 heavy (non-hydrogen) atoms. The number of hydrogen-bond donors (Lipinski definition) is 1. The van der Waals surface area contributed by atoms with Crippen molar-refractivity contribution in [2.75, 3.05) is 0 Å². The van der Waals surface area contributed by atoms with Crippen LogP contribution < -0.4 is 5.32 Å². The molecule has 1 saturated carbocycles. The van der Waals surface area contributed by atoms with E-state index in [0.717, 1.165) is 38.5 Å². The minimum absolute atomic E-state index is 0.0171. The topological polar surface area (TPSA) is 46.2 Å².